The molecular formula is C13H14FN3O2. The lowest BCUT2D eigenvalue weighted by molar-refractivity contribution is 0.0696. The molecular weight excluding hydrogens is 249 g/mol. The Morgan fingerprint density at radius 3 is 2.89 bits per heavy atom. The summed E-state index contributed by atoms with van der Waals surface area (Å²) in [5, 5.41) is 15.7. The lowest BCUT2D eigenvalue weighted by atomic mass is 10.2. The molecule has 0 aliphatic rings. The van der Waals surface area contributed by atoms with Gasteiger partial charge >= 0.3 is 5.97 Å². The van der Waals surface area contributed by atoms with E-state index in [1.54, 1.807) is 10.9 Å². The van der Waals surface area contributed by atoms with Gasteiger partial charge in [-0.3, -0.25) is 4.68 Å². The van der Waals surface area contributed by atoms with E-state index in [0.29, 0.717) is 18.7 Å². The number of halogens is 1. The lowest BCUT2D eigenvalue weighted by Gasteiger charge is -2.07. The monoisotopic (exact) mass is 263 g/mol. The van der Waals surface area contributed by atoms with Gasteiger partial charge < -0.3 is 10.4 Å². The predicted octanol–water partition coefficient (Wildman–Crippen LogP) is 1.91. The minimum Gasteiger partial charge on any atom is -0.478 e. The van der Waals surface area contributed by atoms with E-state index in [1.165, 1.54) is 12.1 Å². The Morgan fingerprint density at radius 2 is 2.32 bits per heavy atom. The van der Waals surface area contributed by atoms with Crippen LogP contribution in [0.15, 0.2) is 30.6 Å². The molecule has 5 nitrogen and oxygen atoms in total. The summed E-state index contributed by atoms with van der Waals surface area (Å²) in [4.78, 5) is 10.7. The van der Waals surface area contributed by atoms with Crippen molar-refractivity contribution in [2.24, 2.45) is 7.05 Å². The van der Waals surface area contributed by atoms with Crippen molar-refractivity contribution in [3.05, 3.63) is 47.5 Å². The summed E-state index contributed by atoms with van der Waals surface area (Å²) in [7, 11) is 1.83. The number of aromatic carboxylic acids is 1. The molecule has 0 aliphatic heterocycles. The zero-order chi connectivity index (χ0) is 13.8. The molecule has 0 saturated carbocycles. The van der Waals surface area contributed by atoms with Crippen molar-refractivity contribution in [3.8, 4) is 0 Å². The third kappa shape index (κ3) is 3.31. The van der Waals surface area contributed by atoms with E-state index < -0.39 is 11.8 Å². The Labute approximate surface area is 109 Å². The quantitative estimate of drug-likeness (QED) is 0.864. The van der Waals surface area contributed by atoms with Crippen LogP contribution in [0.25, 0.3) is 0 Å². The van der Waals surface area contributed by atoms with Crippen molar-refractivity contribution in [1.29, 1.82) is 0 Å². The van der Waals surface area contributed by atoms with Crippen LogP contribution in [0.2, 0.25) is 0 Å². The van der Waals surface area contributed by atoms with Crippen molar-refractivity contribution >= 4 is 11.7 Å². The summed E-state index contributed by atoms with van der Waals surface area (Å²) in [5.74, 6) is -1.70. The van der Waals surface area contributed by atoms with Gasteiger partial charge in [0.2, 0.25) is 0 Å². The van der Waals surface area contributed by atoms with Crippen LogP contribution in [-0.2, 0) is 13.5 Å². The third-order valence-electron chi connectivity index (χ3n) is 2.70. The molecule has 0 fully saturated rings. The van der Waals surface area contributed by atoms with E-state index >= 15 is 0 Å². The number of carboxylic acids is 1. The molecule has 0 unspecified atom stereocenters. The van der Waals surface area contributed by atoms with Gasteiger partial charge in [-0.1, -0.05) is 0 Å². The molecule has 1 aromatic carbocycles. The molecule has 0 saturated heterocycles. The second-order valence-electron chi connectivity index (χ2n) is 4.20. The molecule has 0 radical (unpaired) electrons. The van der Waals surface area contributed by atoms with Gasteiger partial charge in [-0.2, -0.15) is 5.10 Å². The number of rotatable bonds is 5. The predicted molar refractivity (Wildman–Crippen MR) is 68.8 cm³/mol. The average Bonchev–Trinajstić information content (AvgIpc) is 2.77. The first-order valence-electron chi connectivity index (χ1n) is 5.80. The number of hydrogen-bond donors (Lipinski definition) is 2. The summed E-state index contributed by atoms with van der Waals surface area (Å²) in [6.07, 6.45) is 4.37. The molecule has 1 aromatic heterocycles. The van der Waals surface area contributed by atoms with Gasteiger partial charge in [0, 0.05) is 19.8 Å². The Morgan fingerprint density at radius 1 is 1.53 bits per heavy atom. The summed E-state index contributed by atoms with van der Waals surface area (Å²) >= 11 is 0. The lowest BCUT2D eigenvalue weighted by Crippen LogP contribution is -2.07. The topological polar surface area (TPSA) is 67.2 Å². The van der Waals surface area contributed by atoms with E-state index in [0.717, 1.165) is 11.6 Å². The number of carbonyl (C=O) groups is 1. The van der Waals surface area contributed by atoms with E-state index in [2.05, 4.69) is 10.4 Å². The van der Waals surface area contributed by atoms with Crippen LogP contribution in [0.3, 0.4) is 0 Å². The molecule has 100 valence electrons. The summed E-state index contributed by atoms with van der Waals surface area (Å²) in [6, 6.07) is 3.81. The summed E-state index contributed by atoms with van der Waals surface area (Å²) < 4.78 is 15.3. The van der Waals surface area contributed by atoms with Crippen molar-refractivity contribution in [2.75, 3.05) is 11.9 Å². The highest BCUT2D eigenvalue weighted by molar-refractivity contribution is 5.88. The molecule has 0 aliphatic carbocycles. The second kappa shape index (κ2) is 5.51. The van der Waals surface area contributed by atoms with Crippen molar-refractivity contribution in [2.45, 2.75) is 6.42 Å². The minimum absolute atomic E-state index is 0.0599. The normalized spacial score (nSPS) is 10.4. The zero-order valence-corrected chi connectivity index (χ0v) is 10.4. The van der Waals surface area contributed by atoms with Gasteiger partial charge in [-0.25, -0.2) is 9.18 Å². The molecule has 2 rings (SSSR count). The van der Waals surface area contributed by atoms with Gasteiger partial charge in [0.1, 0.15) is 5.82 Å². The molecule has 2 N–H and O–H groups in total. The van der Waals surface area contributed by atoms with Gasteiger partial charge in [0.15, 0.2) is 0 Å². The Hall–Kier alpha value is -2.37. The summed E-state index contributed by atoms with van der Waals surface area (Å²) in [6.45, 7) is 0.551. The van der Waals surface area contributed by atoms with Crippen molar-refractivity contribution in [3.63, 3.8) is 0 Å². The smallest absolute Gasteiger partial charge is 0.335 e. The highest BCUT2D eigenvalue weighted by Gasteiger charge is 2.07. The number of nitrogens with zero attached hydrogens (tertiary/aromatic N) is 2. The summed E-state index contributed by atoms with van der Waals surface area (Å²) in [5.41, 5.74) is 1.29. The van der Waals surface area contributed by atoms with Crippen LogP contribution in [0.5, 0.6) is 0 Å². The Bertz CT molecular complexity index is 595. The van der Waals surface area contributed by atoms with Crippen LogP contribution in [0.1, 0.15) is 15.9 Å². The van der Waals surface area contributed by atoms with E-state index in [1.807, 2.05) is 13.2 Å². The molecule has 0 bridgehead atoms. The van der Waals surface area contributed by atoms with Gasteiger partial charge in [-0.15, -0.1) is 0 Å². The maximum atomic E-state index is 13.6. The SMILES string of the molecule is Cn1cc(CCNc2ccc(C(=O)O)cc2F)cn1. The first kappa shape index (κ1) is 13.1. The van der Waals surface area contributed by atoms with Crippen LogP contribution in [0, 0.1) is 5.82 Å². The van der Waals surface area contributed by atoms with Crippen LogP contribution < -0.4 is 5.32 Å². The van der Waals surface area contributed by atoms with Crippen LogP contribution in [0.4, 0.5) is 10.1 Å². The highest BCUT2D eigenvalue weighted by Crippen LogP contribution is 2.15. The largest absolute Gasteiger partial charge is 0.478 e. The number of nitrogens with one attached hydrogen (secondary N) is 1. The molecule has 0 amide bonds. The van der Waals surface area contributed by atoms with Gasteiger partial charge in [0.05, 0.1) is 17.4 Å². The molecule has 19 heavy (non-hydrogen) atoms. The maximum absolute atomic E-state index is 13.6. The second-order valence-corrected chi connectivity index (χ2v) is 4.20. The molecule has 1 heterocycles. The van der Waals surface area contributed by atoms with Gasteiger partial charge in [-0.05, 0) is 30.2 Å². The fraction of sp³-hybridized carbons (Fsp3) is 0.231. The minimum atomic E-state index is -1.14. The molecule has 0 atom stereocenters. The van der Waals surface area contributed by atoms with Crippen molar-refractivity contribution in [1.82, 2.24) is 9.78 Å². The van der Waals surface area contributed by atoms with Crippen LogP contribution >= 0.6 is 0 Å². The Balaban J connectivity index is 1.94. The van der Waals surface area contributed by atoms with E-state index in [4.69, 9.17) is 5.11 Å². The highest BCUT2D eigenvalue weighted by atomic mass is 19.1. The standard InChI is InChI=1S/C13H14FN3O2/c1-17-8-9(7-16-17)4-5-15-12-3-2-10(13(18)19)6-11(12)14/h2-3,6-8,15H,4-5H2,1H3,(H,18,19). The fourth-order valence-electron chi connectivity index (χ4n) is 1.73. The fourth-order valence-corrected chi connectivity index (χ4v) is 1.73. The number of hydrogen-bond acceptors (Lipinski definition) is 3. The maximum Gasteiger partial charge on any atom is 0.335 e. The Kier molecular flexibility index (Phi) is 3.79. The number of aromatic nitrogens is 2. The molecule has 2 aromatic rings. The average molecular weight is 263 g/mol. The first-order chi connectivity index (χ1) is 9.06. The van der Waals surface area contributed by atoms with Crippen LogP contribution in [-0.4, -0.2) is 27.4 Å². The number of carboxylic acid groups (broad SMARTS) is 1. The van der Waals surface area contributed by atoms with E-state index in [9.17, 15) is 9.18 Å². The first-order valence-corrected chi connectivity index (χ1v) is 5.80. The van der Waals surface area contributed by atoms with Gasteiger partial charge in [0.25, 0.3) is 0 Å². The number of benzene rings is 1. The molecule has 6 heteroatoms. The van der Waals surface area contributed by atoms with E-state index in [-0.39, 0.29) is 5.56 Å². The zero-order valence-electron chi connectivity index (χ0n) is 10.4. The van der Waals surface area contributed by atoms with Crippen molar-refractivity contribution < 1.29 is 14.3 Å². The molecule has 0 spiro atoms. The third-order valence-corrected chi connectivity index (χ3v) is 2.70. The number of anilines is 1. The number of aryl methyl sites for hydroxylation is 1.